The summed E-state index contributed by atoms with van der Waals surface area (Å²) in [5, 5.41) is 14.4. The molecule has 5 rings (SSSR count). The molecule has 0 aliphatic heterocycles. The largest absolute Gasteiger partial charge is 0.449 e. The average molecular weight is 450 g/mol. The molecule has 0 bridgehead atoms. The van der Waals surface area contributed by atoms with Gasteiger partial charge in [-0.2, -0.15) is 0 Å². The Morgan fingerprint density at radius 1 is 0.765 bits per heavy atom. The third-order valence-corrected chi connectivity index (χ3v) is 6.52. The molecule has 34 heavy (non-hydrogen) atoms. The van der Waals surface area contributed by atoms with Gasteiger partial charge in [-0.1, -0.05) is 109 Å². The van der Waals surface area contributed by atoms with E-state index in [0.29, 0.717) is 6.42 Å². The molecule has 0 saturated carbocycles. The molecule has 1 aliphatic rings. The minimum Gasteiger partial charge on any atom is -0.449 e. The van der Waals surface area contributed by atoms with Crippen LogP contribution in [0, 0.1) is 0 Å². The number of hydrogen-bond acceptors (Lipinski definition) is 3. The SMILES string of the molecule is O=C(NCC(O)(Cc1ccccc1)c1ccccc1)OCC1c2ccccc2-c2ccccc21. The molecule has 4 nitrogen and oxygen atoms in total. The van der Waals surface area contributed by atoms with Crippen LogP contribution >= 0.6 is 0 Å². The first-order chi connectivity index (χ1) is 16.6. The Balaban J connectivity index is 1.28. The van der Waals surface area contributed by atoms with Crippen LogP contribution in [-0.4, -0.2) is 24.4 Å². The van der Waals surface area contributed by atoms with Crippen LogP contribution in [0.4, 0.5) is 4.79 Å². The number of amides is 1. The number of carbonyl (C=O) groups excluding carboxylic acids is 1. The first-order valence-corrected chi connectivity index (χ1v) is 11.5. The van der Waals surface area contributed by atoms with Gasteiger partial charge < -0.3 is 15.2 Å². The summed E-state index contributed by atoms with van der Waals surface area (Å²) in [7, 11) is 0. The number of benzene rings is 4. The normalized spacial score (nSPS) is 14.0. The molecule has 2 N–H and O–H groups in total. The maximum atomic E-state index is 12.7. The lowest BCUT2D eigenvalue weighted by Crippen LogP contribution is -2.42. The highest BCUT2D eigenvalue weighted by Gasteiger charge is 2.32. The fraction of sp³-hybridized carbons (Fsp3) is 0.167. The van der Waals surface area contributed by atoms with Crippen LogP contribution in [-0.2, 0) is 16.8 Å². The summed E-state index contributed by atoms with van der Waals surface area (Å²) in [5.41, 5.74) is 5.19. The van der Waals surface area contributed by atoms with Crippen LogP contribution in [0.2, 0.25) is 0 Å². The number of fused-ring (bicyclic) bond motifs is 3. The van der Waals surface area contributed by atoms with Crippen LogP contribution in [0.3, 0.4) is 0 Å². The molecular weight excluding hydrogens is 422 g/mol. The van der Waals surface area contributed by atoms with Crippen molar-refractivity contribution in [2.75, 3.05) is 13.2 Å². The van der Waals surface area contributed by atoms with Gasteiger partial charge in [-0.25, -0.2) is 4.79 Å². The third kappa shape index (κ3) is 4.45. The van der Waals surface area contributed by atoms with Gasteiger partial charge in [0.2, 0.25) is 0 Å². The lowest BCUT2D eigenvalue weighted by Gasteiger charge is -2.29. The van der Waals surface area contributed by atoms with Crippen molar-refractivity contribution >= 4 is 6.09 Å². The van der Waals surface area contributed by atoms with Crippen molar-refractivity contribution in [3.63, 3.8) is 0 Å². The molecule has 0 radical (unpaired) electrons. The quantitative estimate of drug-likeness (QED) is 0.383. The number of alkyl carbamates (subject to hydrolysis) is 1. The lowest BCUT2D eigenvalue weighted by atomic mass is 9.87. The van der Waals surface area contributed by atoms with Gasteiger partial charge in [-0.15, -0.1) is 0 Å². The van der Waals surface area contributed by atoms with Crippen molar-refractivity contribution in [2.45, 2.75) is 17.9 Å². The third-order valence-electron chi connectivity index (χ3n) is 6.52. The molecule has 0 aromatic heterocycles. The van der Waals surface area contributed by atoms with Gasteiger partial charge in [0.1, 0.15) is 12.2 Å². The molecule has 0 spiro atoms. The molecule has 1 aliphatic carbocycles. The highest BCUT2D eigenvalue weighted by atomic mass is 16.5. The Labute approximate surface area is 199 Å². The molecule has 0 heterocycles. The summed E-state index contributed by atoms with van der Waals surface area (Å²) in [6, 6.07) is 35.7. The number of aliphatic hydroxyl groups is 1. The zero-order valence-electron chi connectivity index (χ0n) is 18.9. The molecule has 4 heteroatoms. The average Bonchev–Trinajstić information content (AvgIpc) is 3.21. The van der Waals surface area contributed by atoms with E-state index in [9.17, 15) is 9.90 Å². The molecule has 0 fully saturated rings. The van der Waals surface area contributed by atoms with E-state index >= 15 is 0 Å². The second-order valence-corrected chi connectivity index (χ2v) is 8.74. The Morgan fingerprint density at radius 3 is 1.91 bits per heavy atom. The van der Waals surface area contributed by atoms with E-state index in [-0.39, 0.29) is 19.1 Å². The van der Waals surface area contributed by atoms with Crippen molar-refractivity contribution in [1.82, 2.24) is 5.32 Å². The van der Waals surface area contributed by atoms with E-state index in [1.54, 1.807) is 0 Å². The van der Waals surface area contributed by atoms with Gasteiger partial charge in [0.25, 0.3) is 0 Å². The van der Waals surface area contributed by atoms with E-state index in [2.05, 4.69) is 29.6 Å². The Morgan fingerprint density at radius 2 is 1.29 bits per heavy atom. The maximum Gasteiger partial charge on any atom is 0.407 e. The predicted molar refractivity (Wildman–Crippen MR) is 134 cm³/mol. The second kappa shape index (κ2) is 9.54. The minimum absolute atomic E-state index is 0.00419. The summed E-state index contributed by atoms with van der Waals surface area (Å²) >= 11 is 0. The van der Waals surface area contributed by atoms with Gasteiger partial charge in [0, 0.05) is 12.3 Å². The molecule has 1 unspecified atom stereocenters. The van der Waals surface area contributed by atoms with Crippen LogP contribution in [0.5, 0.6) is 0 Å². The maximum absolute atomic E-state index is 12.7. The number of nitrogens with one attached hydrogen (secondary N) is 1. The summed E-state index contributed by atoms with van der Waals surface area (Å²) in [4.78, 5) is 12.7. The summed E-state index contributed by atoms with van der Waals surface area (Å²) in [6.07, 6.45) is -0.161. The van der Waals surface area contributed by atoms with Gasteiger partial charge in [-0.05, 0) is 33.4 Å². The molecule has 1 atom stereocenters. The smallest absolute Gasteiger partial charge is 0.407 e. The minimum atomic E-state index is -1.26. The van der Waals surface area contributed by atoms with Crippen molar-refractivity contribution < 1.29 is 14.6 Å². The Hall–Kier alpha value is -3.89. The number of hydrogen-bond donors (Lipinski definition) is 2. The highest BCUT2D eigenvalue weighted by molar-refractivity contribution is 5.79. The molecule has 1 amide bonds. The van der Waals surface area contributed by atoms with Crippen LogP contribution in [0.1, 0.15) is 28.2 Å². The number of ether oxygens (including phenoxy) is 1. The van der Waals surface area contributed by atoms with Gasteiger partial charge >= 0.3 is 6.09 Å². The summed E-state index contributed by atoms with van der Waals surface area (Å²) in [6.45, 7) is 0.283. The molecule has 4 aromatic carbocycles. The zero-order valence-corrected chi connectivity index (χ0v) is 18.9. The van der Waals surface area contributed by atoms with E-state index in [1.807, 2.05) is 84.9 Å². The predicted octanol–water partition coefficient (Wildman–Crippen LogP) is 5.66. The second-order valence-electron chi connectivity index (χ2n) is 8.74. The van der Waals surface area contributed by atoms with Gasteiger partial charge in [-0.3, -0.25) is 0 Å². The van der Waals surface area contributed by atoms with E-state index in [0.717, 1.165) is 11.1 Å². The molecule has 170 valence electrons. The van der Waals surface area contributed by atoms with Crippen molar-refractivity contribution in [3.05, 3.63) is 131 Å². The summed E-state index contributed by atoms with van der Waals surface area (Å²) < 4.78 is 5.66. The number of rotatable bonds is 7. The topological polar surface area (TPSA) is 58.6 Å². The van der Waals surface area contributed by atoms with E-state index in [1.165, 1.54) is 22.3 Å². The standard InChI is InChI=1S/C30H27NO3/c32-29(34-20-28-26-17-9-7-15-24(26)25-16-8-10-18-27(25)28)31-21-30(33,23-13-5-2-6-14-23)19-22-11-3-1-4-12-22/h1-18,28,33H,19-21H2,(H,31,32). The van der Waals surface area contributed by atoms with Gasteiger partial charge in [0.05, 0.1) is 6.54 Å². The zero-order chi connectivity index (χ0) is 23.4. The van der Waals surface area contributed by atoms with Crippen molar-refractivity contribution in [2.24, 2.45) is 0 Å². The van der Waals surface area contributed by atoms with Crippen LogP contribution in [0.15, 0.2) is 109 Å². The molecule has 4 aromatic rings. The number of carbonyl (C=O) groups is 1. The van der Waals surface area contributed by atoms with E-state index < -0.39 is 11.7 Å². The Kier molecular flexibility index (Phi) is 6.15. The molecular formula is C30H27NO3. The lowest BCUT2D eigenvalue weighted by molar-refractivity contribution is 0.0348. The van der Waals surface area contributed by atoms with Crippen LogP contribution in [0.25, 0.3) is 11.1 Å². The fourth-order valence-corrected chi connectivity index (χ4v) is 4.82. The summed E-state index contributed by atoms with van der Waals surface area (Å²) in [5.74, 6) is -0.00419. The first-order valence-electron chi connectivity index (χ1n) is 11.5. The Bertz CT molecular complexity index is 1230. The highest BCUT2D eigenvalue weighted by Crippen LogP contribution is 2.44. The van der Waals surface area contributed by atoms with Crippen molar-refractivity contribution in [1.29, 1.82) is 0 Å². The fourth-order valence-electron chi connectivity index (χ4n) is 4.82. The van der Waals surface area contributed by atoms with E-state index in [4.69, 9.17) is 4.74 Å². The van der Waals surface area contributed by atoms with Crippen molar-refractivity contribution in [3.8, 4) is 11.1 Å². The first kappa shape index (κ1) is 21.9. The monoisotopic (exact) mass is 449 g/mol. The molecule has 0 saturated heterocycles. The van der Waals surface area contributed by atoms with Gasteiger partial charge in [0.15, 0.2) is 0 Å². The van der Waals surface area contributed by atoms with Crippen LogP contribution < -0.4 is 5.32 Å².